The first-order chi connectivity index (χ1) is 14.4. The summed E-state index contributed by atoms with van der Waals surface area (Å²) in [4.78, 5) is 6.38. The molecule has 6 heteroatoms. The maximum absolute atomic E-state index is 13.7. The second-order valence-corrected chi connectivity index (χ2v) is 9.05. The second kappa shape index (κ2) is 8.52. The number of hydrogen-bond donors (Lipinski definition) is 2. The minimum Gasteiger partial charge on any atom is -0.504 e. The van der Waals surface area contributed by atoms with E-state index in [-0.39, 0.29) is 5.92 Å². The minimum atomic E-state index is -0.799. The second-order valence-electron chi connectivity index (χ2n) is 9.05. The van der Waals surface area contributed by atoms with Crippen LogP contribution in [0.25, 0.3) is 0 Å². The summed E-state index contributed by atoms with van der Waals surface area (Å²) in [6.07, 6.45) is 3.15. The van der Waals surface area contributed by atoms with Gasteiger partial charge in [0.2, 0.25) is 0 Å². The van der Waals surface area contributed by atoms with Crippen molar-refractivity contribution in [1.29, 1.82) is 0 Å². The molecule has 2 fully saturated rings. The molecule has 30 heavy (non-hydrogen) atoms. The molecule has 2 heterocycles. The summed E-state index contributed by atoms with van der Waals surface area (Å²) in [5.41, 5.74) is 1.15. The van der Waals surface area contributed by atoms with Crippen LogP contribution in [0.5, 0.6) is 11.5 Å². The van der Waals surface area contributed by atoms with Gasteiger partial charge in [0.25, 0.3) is 5.95 Å². The van der Waals surface area contributed by atoms with Gasteiger partial charge >= 0.3 is 0 Å². The van der Waals surface area contributed by atoms with E-state index in [1.54, 1.807) is 13.2 Å². The fraction of sp³-hybridized carbons (Fsp3) is 0.542. The van der Waals surface area contributed by atoms with Crippen LogP contribution >= 0.6 is 0 Å². The van der Waals surface area contributed by atoms with Crippen LogP contribution < -0.4 is 4.74 Å². The van der Waals surface area contributed by atoms with Crippen molar-refractivity contribution in [2.45, 2.75) is 44.1 Å². The Kier molecular flexibility index (Phi) is 5.98. The van der Waals surface area contributed by atoms with Gasteiger partial charge in [0.05, 0.1) is 12.7 Å². The number of rotatable bonds is 7. The summed E-state index contributed by atoms with van der Waals surface area (Å²) < 4.78 is 19.0. The van der Waals surface area contributed by atoms with Crippen LogP contribution in [-0.4, -0.2) is 52.4 Å². The highest BCUT2D eigenvalue weighted by molar-refractivity contribution is 5.30. The number of halogens is 1. The molecule has 5 nitrogen and oxygen atoms in total. The van der Waals surface area contributed by atoms with Crippen LogP contribution in [0.2, 0.25) is 0 Å². The van der Waals surface area contributed by atoms with Crippen LogP contribution in [0, 0.1) is 17.8 Å². The van der Waals surface area contributed by atoms with Gasteiger partial charge < -0.3 is 19.8 Å². The van der Waals surface area contributed by atoms with Gasteiger partial charge in [-0.15, -0.1) is 0 Å². The Hall–Kier alpha value is -2.18. The number of aliphatic hydroxyl groups is 1. The van der Waals surface area contributed by atoms with Gasteiger partial charge in [-0.2, -0.15) is 4.39 Å². The monoisotopic (exact) mass is 414 g/mol. The fourth-order valence-electron chi connectivity index (χ4n) is 5.43. The van der Waals surface area contributed by atoms with Crippen LogP contribution in [0.1, 0.15) is 43.4 Å². The van der Waals surface area contributed by atoms with E-state index in [4.69, 9.17) is 4.74 Å². The smallest absolute Gasteiger partial charge is 0.255 e. The molecule has 1 saturated carbocycles. The van der Waals surface area contributed by atoms with Crippen molar-refractivity contribution in [3.8, 4) is 11.5 Å². The number of aromatic hydroxyl groups is 1. The molecular formula is C24H31FN2O3. The zero-order valence-corrected chi connectivity index (χ0v) is 17.7. The van der Waals surface area contributed by atoms with Crippen LogP contribution in [0.15, 0.2) is 36.4 Å². The average molecular weight is 415 g/mol. The average Bonchev–Trinajstić information content (AvgIpc) is 3.22. The number of aromatic nitrogens is 1. The maximum atomic E-state index is 13.7. The van der Waals surface area contributed by atoms with Crippen molar-refractivity contribution in [2.24, 2.45) is 11.8 Å². The third-order valence-corrected chi connectivity index (χ3v) is 6.84. The zero-order valence-electron chi connectivity index (χ0n) is 17.7. The highest BCUT2D eigenvalue weighted by Crippen LogP contribution is 2.46. The Balaban J connectivity index is 1.36. The summed E-state index contributed by atoms with van der Waals surface area (Å²) in [6, 6.07) is 11.1. The van der Waals surface area contributed by atoms with E-state index in [0.29, 0.717) is 24.0 Å². The Morgan fingerprint density at radius 3 is 2.60 bits per heavy atom. The Morgan fingerprint density at radius 1 is 1.23 bits per heavy atom. The Bertz CT molecular complexity index is 877. The van der Waals surface area contributed by atoms with Crippen LogP contribution in [0.3, 0.4) is 0 Å². The predicted octanol–water partition coefficient (Wildman–Crippen LogP) is 3.74. The number of hydrogen-bond acceptors (Lipinski definition) is 5. The lowest BCUT2D eigenvalue weighted by Crippen LogP contribution is -2.33. The Labute approximate surface area is 177 Å². The van der Waals surface area contributed by atoms with Crippen molar-refractivity contribution in [2.75, 3.05) is 26.7 Å². The summed E-state index contributed by atoms with van der Waals surface area (Å²) >= 11 is 0. The largest absolute Gasteiger partial charge is 0.504 e. The van der Waals surface area contributed by atoms with Crippen molar-refractivity contribution in [3.05, 3.63) is 53.6 Å². The van der Waals surface area contributed by atoms with Gasteiger partial charge in [0, 0.05) is 37.7 Å². The molecule has 4 atom stereocenters. The normalized spacial score (nSPS) is 27.2. The van der Waals surface area contributed by atoms with Gasteiger partial charge in [-0.25, -0.2) is 4.98 Å². The summed E-state index contributed by atoms with van der Waals surface area (Å²) in [7, 11) is 1.66. The molecule has 0 radical (unpaired) electrons. The van der Waals surface area contributed by atoms with E-state index in [1.165, 1.54) is 6.07 Å². The number of likely N-dealkylation sites (tertiary alicyclic amines) is 1. The first-order valence-electron chi connectivity index (χ1n) is 10.8. The molecule has 0 bridgehead atoms. The molecule has 0 spiro atoms. The molecule has 1 aromatic carbocycles. The van der Waals surface area contributed by atoms with Gasteiger partial charge in [0.1, 0.15) is 5.75 Å². The van der Waals surface area contributed by atoms with Gasteiger partial charge in [0.15, 0.2) is 5.75 Å². The number of methoxy groups -OCH3 is 1. The number of benzene rings is 1. The molecular weight excluding hydrogens is 383 g/mol. The molecule has 1 aromatic heterocycles. The quantitative estimate of drug-likeness (QED) is 0.676. The third kappa shape index (κ3) is 4.44. The number of nitrogens with zero attached hydrogens (tertiary/aromatic N) is 2. The first kappa shape index (κ1) is 21.1. The molecule has 2 unspecified atom stereocenters. The lowest BCUT2D eigenvalue weighted by Gasteiger charge is -2.28. The van der Waals surface area contributed by atoms with Crippen molar-refractivity contribution < 1.29 is 19.3 Å². The highest BCUT2D eigenvalue weighted by atomic mass is 19.1. The molecule has 1 aliphatic carbocycles. The summed E-state index contributed by atoms with van der Waals surface area (Å²) in [6.45, 7) is 4.83. The number of ether oxygens (including phenoxy) is 1. The molecule has 0 amide bonds. The summed E-state index contributed by atoms with van der Waals surface area (Å²) in [5, 5.41) is 20.6. The van der Waals surface area contributed by atoms with E-state index in [1.807, 2.05) is 18.2 Å². The topological polar surface area (TPSA) is 65.8 Å². The third-order valence-electron chi connectivity index (χ3n) is 6.84. The summed E-state index contributed by atoms with van der Waals surface area (Å²) in [5.74, 6) is 0.733. The molecule has 2 aliphatic rings. The fourth-order valence-corrected chi connectivity index (χ4v) is 5.43. The highest BCUT2D eigenvalue weighted by Gasteiger charge is 2.48. The molecule has 162 valence electrons. The van der Waals surface area contributed by atoms with Gasteiger partial charge in [-0.1, -0.05) is 19.1 Å². The lowest BCUT2D eigenvalue weighted by atomic mass is 9.91. The molecule has 4 rings (SSSR count). The lowest BCUT2D eigenvalue weighted by molar-refractivity contribution is 0.0352. The van der Waals surface area contributed by atoms with Gasteiger partial charge in [-0.05, 0) is 60.9 Å². The van der Waals surface area contributed by atoms with Crippen molar-refractivity contribution in [3.63, 3.8) is 0 Å². The van der Waals surface area contributed by atoms with E-state index >= 15 is 0 Å². The first-order valence-corrected chi connectivity index (χ1v) is 10.8. The van der Waals surface area contributed by atoms with E-state index in [2.05, 4.69) is 22.9 Å². The maximum Gasteiger partial charge on any atom is 0.255 e. The SMILES string of the molecule is CCC(CN1C[C@@H]2CC(O)(Cc3cccc(OC)c3)C[C@@H]2C1)c1ccc(O)c(F)n1. The Morgan fingerprint density at radius 2 is 1.97 bits per heavy atom. The molecule has 2 N–H and O–H groups in total. The number of pyridine rings is 1. The van der Waals surface area contributed by atoms with E-state index in [9.17, 15) is 14.6 Å². The standard InChI is InChI=1S/C24H31FN2O3/c1-3-17(21-7-8-22(28)23(25)26-21)13-27-14-18-11-24(29,12-19(18)15-27)10-16-5-4-6-20(9-16)30-2/h4-9,17-19,28-29H,3,10-15H2,1-2H3/t17?,18-,19+,24?. The minimum absolute atomic E-state index is 0.134. The van der Waals surface area contributed by atoms with Crippen molar-refractivity contribution in [1.82, 2.24) is 9.88 Å². The predicted molar refractivity (Wildman–Crippen MR) is 113 cm³/mol. The molecule has 1 saturated heterocycles. The molecule has 1 aliphatic heterocycles. The van der Waals surface area contributed by atoms with Crippen LogP contribution in [0.4, 0.5) is 4.39 Å². The van der Waals surface area contributed by atoms with Crippen molar-refractivity contribution >= 4 is 0 Å². The van der Waals surface area contributed by atoms with Gasteiger partial charge in [-0.3, -0.25) is 0 Å². The number of fused-ring (bicyclic) bond motifs is 1. The molecule has 2 aromatic rings. The van der Waals surface area contributed by atoms with E-state index < -0.39 is 17.3 Å². The van der Waals surface area contributed by atoms with E-state index in [0.717, 1.165) is 50.2 Å². The zero-order chi connectivity index (χ0) is 21.3. The van der Waals surface area contributed by atoms with Crippen LogP contribution in [-0.2, 0) is 6.42 Å².